The Bertz CT molecular complexity index is 321. The molecule has 0 bridgehead atoms. The van der Waals surface area contributed by atoms with Crippen LogP contribution in [0.5, 0.6) is 0 Å². The Hall–Kier alpha value is -0.410. The van der Waals surface area contributed by atoms with E-state index in [9.17, 15) is 0 Å². The van der Waals surface area contributed by atoms with E-state index in [-0.39, 0.29) is 0 Å². The number of aromatic nitrogens is 1. The highest BCUT2D eigenvalue weighted by atomic mass is 32.1. The van der Waals surface area contributed by atoms with Crippen LogP contribution in [0.25, 0.3) is 0 Å². The third-order valence-electron chi connectivity index (χ3n) is 3.55. The lowest BCUT2D eigenvalue weighted by molar-refractivity contribution is 0.170. The number of hydrogen-bond donors (Lipinski definition) is 1. The van der Waals surface area contributed by atoms with Crippen LogP contribution in [0.1, 0.15) is 36.9 Å². The minimum Gasteiger partial charge on any atom is -0.316 e. The second-order valence-corrected chi connectivity index (χ2v) is 5.93. The molecule has 1 aromatic heterocycles. The SMILES string of the molecule is CCCNCC1CCC1Cc1csc(C)n1. The highest BCUT2D eigenvalue weighted by Gasteiger charge is 2.30. The maximum atomic E-state index is 4.56. The lowest BCUT2D eigenvalue weighted by Crippen LogP contribution is -2.36. The summed E-state index contributed by atoms with van der Waals surface area (Å²) in [7, 11) is 0. The summed E-state index contributed by atoms with van der Waals surface area (Å²) in [4.78, 5) is 4.56. The predicted molar refractivity (Wildman–Crippen MR) is 69.9 cm³/mol. The van der Waals surface area contributed by atoms with Gasteiger partial charge in [0.15, 0.2) is 0 Å². The van der Waals surface area contributed by atoms with Crippen LogP contribution in [-0.4, -0.2) is 18.1 Å². The van der Waals surface area contributed by atoms with E-state index in [4.69, 9.17) is 0 Å². The van der Waals surface area contributed by atoms with E-state index < -0.39 is 0 Å². The molecule has 16 heavy (non-hydrogen) atoms. The third kappa shape index (κ3) is 3.05. The Kier molecular flexibility index (Phi) is 4.36. The van der Waals surface area contributed by atoms with E-state index in [0.29, 0.717) is 0 Å². The summed E-state index contributed by atoms with van der Waals surface area (Å²) >= 11 is 1.78. The molecule has 1 aliphatic carbocycles. The molecule has 0 amide bonds. The van der Waals surface area contributed by atoms with E-state index in [1.165, 1.54) is 49.5 Å². The molecule has 0 radical (unpaired) electrons. The number of hydrogen-bond acceptors (Lipinski definition) is 3. The number of nitrogens with one attached hydrogen (secondary N) is 1. The molecule has 1 N–H and O–H groups in total. The van der Waals surface area contributed by atoms with Crippen molar-refractivity contribution in [1.29, 1.82) is 0 Å². The maximum Gasteiger partial charge on any atom is 0.0897 e. The standard InChI is InChI=1S/C13H22N2S/c1-3-6-14-8-12-5-4-11(12)7-13-9-16-10(2)15-13/h9,11-12,14H,3-8H2,1-2H3. The van der Waals surface area contributed by atoms with Crippen molar-refractivity contribution in [3.63, 3.8) is 0 Å². The molecular weight excluding hydrogens is 216 g/mol. The van der Waals surface area contributed by atoms with Gasteiger partial charge in [-0.2, -0.15) is 0 Å². The molecule has 1 heterocycles. The van der Waals surface area contributed by atoms with Crippen LogP contribution in [0.2, 0.25) is 0 Å². The molecule has 1 aliphatic rings. The normalized spacial score (nSPS) is 24.4. The van der Waals surface area contributed by atoms with E-state index in [0.717, 1.165) is 11.8 Å². The molecule has 2 unspecified atom stereocenters. The fourth-order valence-corrected chi connectivity index (χ4v) is 3.04. The van der Waals surface area contributed by atoms with Gasteiger partial charge >= 0.3 is 0 Å². The number of thiazole rings is 1. The van der Waals surface area contributed by atoms with Gasteiger partial charge in [-0.3, -0.25) is 0 Å². The van der Waals surface area contributed by atoms with Crippen molar-refractivity contribution >= 4 is 11.3 Å². The Labute approximate surface area is 102 Å². The number of aryl methyl sites for hydroxylation is 1. The van der Waals surface area contributed by atoms with E-state index in [1.54, 1.807) is 11.3 Å². The lowest BCUT2D eigenvalue weighted by Gasteiger charge is -2.36. The van der Waals surface area contributed by atoms with Crippen LogP contribution in [0.15, 0.2) is 5.38 Å². The summed E-state index contributed by atoms with van der Waals surface area (Å²) in [5.41, 5.74) is 1.31. The minimum atomic E-state index is 0.880. The fourth-order valence-electron chi connectivity index (χ4n) is 2.41. The van der Waals surface area contributed by atoms with Gasteiger partial charge in [0.05, 0.1) is 10.7 Å². The monoisotopic (exact) mass is 238 g/mol. The number of nitrogens with zero attached hydrogens (tertiary/aromatic N) is 1. The number of rotatable bonds is 6. The zero-order chi connectivity index (χ0) is 11.4. The topological polar surface area (TPSA) is 24.9 Å². The Morgan fingerprint density at radius 3 is 2.81 bits per heavy atom. The summed E-state index contributed by atoms with van der Waals surface area (Å²) in [6.45, 7) is 6.69. The van der Waals surface area contributed by atoms with E-state index in [2.05, 4.69) is 29.5 Å². The minimum absolute atomic E-state index is 0.880. The lowest BCUT2D eigenvalue weighted by atomic mass is 9.71. The highest BCUT2D eigenvalue weighted by Crippen LogP contribution is 2.36. The first kappa shape index (κ1) is 12.1. The van der Waals surface area contributed by atoms with Crippen molar-refractivity contribution in [2.75, 3.05) is 13.1 Å². The summed E-state index contributed by atoms with van der Waals surface area (Å²) in [6, 6.07) is 0. The molecule has 0 spiro atoms. The molecule has 0 aliphatic heterocycles. The van der Waals surface area contributed by atoms with Gasteiger partial charge in [0, 0.05) is 5.38 Å². The molecule has 3 heteroatoms. The molecule has 1 fully saturated rings. The second-order valence-electron chi connectivity index (χ2n) is 4.86. The zero-order valence-corrected chi connectivity index (χ0v) is 11.1. The average molecular weight is 238 g/mol. The zero-order valence-electron chi connectivity index (χ0n) is 10.3. The molecule has 1 aromatic rings. The summed E-state index contributed by atoms with van der Waals surface area (Å²) < 4.78 is 0. The van der Waals surface area contributed by atoms with Gasteiger partial charge in [-0.15, -0.1) is 11.3 Å². The Balaban J connectivity index is 1.74. The predicted octanol–water partition coefficient (Wildman–Crippen LogP) is 3.02. The molecule has 90 valence electrons. The Morgan fingerprint density at radius 1 is 1.44 bits per heavy atom. The van der Waals surface area contributed by atoms with Crippen LogP contribution in [0.4, 0.5) is 0 Å². The maximum absolute atomic E-state index is 4.56. The van der Waals surface area contributed by atoms with Crippen LogP contribution >= 0.6 is 11.3 Å². The van der Waals surface area contributed by atoms with Crippen LogP contribution < -0.4 is 5.32 Å². The highest BCUT2D eigenvalue weighted by molar-refractivity contribution is 7.09. The van der Waals surface area contributed by atoms with Crippen LogP contribution in [0.3, 0.4) is 0 Å². The summed E-state index contributed by atoms with van der Waals surface area (Å²) in [5, 5.41) is 6.97. The quantitative estimate of drug-likeness (QED) is 0.771. The van der Waals surface area contributed by atoms with Gasteiger partial charge in [-0.1, -0.05) is 6.92 Å². The summed E-state index contributed by atoms with van der Waals surface area (Å²) in [6.07, 6.45) is 5.24. The van der Waals surface area contributed by atoms with Crippen molar-refractivity contribution in [2.24, 2.45) is 11.8 Å². The van der Waals surface area contributed by atoms with Gasteiger partial charge < -0.3 is 5.32 Å². The first-order valence-electron chi connectivity index (χ1n) is 6.41. The molecule has 0 saturated heterocycles. The smallest absolute Gasteiger partial charge is 0.0897 e. The molecule has 2 nitrogen and oxygen atoms in total. The molecule has 2 rings (SSSR count). The van der Waals surface area contributed by atoms with Gasteiger partial charge in [0.25, 0.3) is 0 Å². The average Bonchev–Trinajstić information content (AvgIpc) is 2.66. The van der Waals surface area contributed by atoms with Gasteiger partial charge in [-0.05, 0) is 57.5 Å². The molecule has 1 saturated carbocycles. The molecule has 2 atom stereocenters. The fraction of sp³-hybridized carbons (Fsp3) is 0.769. The largest absolute Gasteiger partial charge is 0.316 e. The van der Waals surface area contributed by atoms with Gasteiger partial charge in [0.1, 0.15) is 0 Å². The van der Waals surface area contributed by atoms with Crippen molar-refractivity contribution in [3.05, 3.63) is 16.1 Å². The molecule has 0 aromatic carbocycles. The van der Waals surface area contributed by atoms with Crippen LogP contribution in [0, 0.1) is 18.8 Å². The second kappa shape index (κ2) is 5.78. The van der Waals surface area contributed by atoms with Crippen molar-refractivity contribution in [2.45, 2.75) is 39.5 Å². The van der Waals surface area contributed by atoms with E-state index in [1.807, 2.05) is 0 Å². The van der Waals surface area contributed by atoms with Gasteiger partial charge in [-0.25, -0.2) is 4.98 Å². The van der Waals surface area contributed by atoms with Crippen molar-refractivity contribution in [1.82, 2.24) is 10.3 Å². The van der Waals surface area contributed by atoms with Gasteiger partial charge in [0.2, 0.25) is 0 Å². The van der Waals surface area contributed by atoms with Crippen LogP contribution in [-0.2, 0) is 6.42 Å². The first-order valence-corrected chi connectivity index (χ1v) is 7.29. The Morgan fingerprint density at radius 2 is 2.25 bits per heavy atom. The van der Waals surface area contributed by atoms with Crippen molar-refractivity contribution in [3.8, 4) is 0 Å². The van der Waals surface area contributed by atoms with Crippen molar-refractivity contribution < 1.29 is 0 Å². The molecular formula is C13H22N2S. The first-order chi connectivity index (χ1) is 7.79. The summed E-state index contributed by atoms with van der Waals surface area (Å²) in [5.74, 6) is 1.78. The third-order valence-corrected chi connectivity index (χ3v) is 4.37. The van der Waals surface area contributed by atoms with E-state index >= 15 is 0 Å².